The first-order valence-electron chi connectivity index (χ1n) is 7.65. The second-order valence-corrected chi connectivity index (χ2v) is 5.81. The van der Waals surface area contributed by atoms with E-state index in [2.05, 4.69) is 10.6 Å². The molecule has 2 fully saturated rings. The molecule has 2 aliphatic rings. The highest BCUT2D eigenvalue weighted by Crippen LogP contribution is 2.38. The summed E-state index contributed by atoms with van der Waals surface area (Å²) in [6.45, 7) is 3.14. The summed E-state index contributed by atoms with van der Waals surface area (Å²) in [4.78, 5) is 12.4. The first kappa shape index (κ1) is 14.3. The van der Waals surface area contributed by atoms with E-state index in [0.29, 0.717) is 24.1 Å². The lowest BCUT2D eigenvalue weighted by molar-refractivity contribution is -0.118. The lowest BCUT2D eigenvalue weighted by Gasteiger charge is -2.18. The zero-order chi connectivity index (χ0) is 14.8. The van der Waals surface area contributed by atoms with Crippen molar-refractivity contribution in [3.05, 3.63) is 24.0 Å². The minimum absolute atomic E-state index is 0.0621. The molecule has 0 aromatic heterocycles. The van der Waals surface area contributed by atoms with Gasteiger partial charge in [-0.3, -0.25) is 4.79 Å². The van der Waals surface area contributed by atoms with Crippen LogP contribution in [0.1, 0.15) is 26.2 Å². The lowest BCUT2D eigenvalue weighted by atomic mass is 9.93. The summed E-state index contributed by atoms with van der Waals surface area (Å²) in [6.07, 6.45) is 3.52. The Hall–Kier alpha value is -1.62. The van der Waals surface area contributed by atoms with Crippen LogP contribution < -0.4 is 15.4 Å². The molecule has 4 nitrogen and oxygen atoms in total. The second-order valence-electron chi connectivity index (χ2n) is 5.81. The smallest absolute Gasteiger partial charge is 0.241 e. The summed E-state index contributed by atoms with van der Waals surface area (Å²) in [5.41, 5.74) is 0.476. The van der Waals surface area contributed by atoms with E-state index in [4.69, 9.17) is 4.74 Å². The number of halogens is 1. The molecule has 0 spiro atoms. The zero-order valence-electron chi connectivity index (χ0n) is 12.2. The molecule has 3 atom stereocenters. The molecule has 3 unspecified atom stereocenters. The number of hydrogen-bond acceptors (Lipinski definition) is 3. The Bertz CT molecular complexity index is 535. The largest absolute Gasteiger partial charge is 0.491 e. The molecular weight excluding hydrogens is 271 g/mol. The Kier molecular flexibility index (Phi) is 4.10. The van der Waals surface area contributed by atoms with Gasteiger partial charge in [0.1, 0.15) is 0 Å². The minimum atomic E-state index is -0.451. The summed E-state index contributed by atoms with van der Waals surface area (Å²) in [7, 11) is 0. The molecule has 1 saturated carbocycles. The van der Waals surface area contributed by atoms with Gasteiger partial charge in [0.2, 0.25) is 5.91 Å². The Balaban J connectivity index is 1.66. The maximum atomic E-state index is 13.8. The molecule has 0 bridgehead atoms. The molecule has 3 rings (SSSR count). The van der Waals surface area contributed by atoms with Gasteiger partial charge in [0.15, 0.2) is 11.6 Å². The molecule has 1 amide bonds. The van der Waals surface area contributed by atoms with Crippen LogP contribution in [0.5, 0.6) is 5.75 Å². The van der Waals surface area contributed by atoms with Crippen molar-refractivity contribution in [3.63, 3.8) is 0 Å². The van der Waals surface area contributed by atoms with E-state index in [-0.39, 0.29) is 17.7 Å². The van der Waals surface area contributed by atoms with Crippen molar-refractivity contribution in [1.29, 1.82) is 0 Å². The molecule has 1 aromatic carbocycles. The van der Waals surface area contributed by atoms with Crippen molar-refractivity contribution < 1.29 is 13.9 Å². The van der Waals surface area contributed by atoms with Gasteiger partial charge in [-0.2, -0.15) is 0 Å². The number of ether oxygens (including phenoxy) is 1. The first-order chi connectivity index (χ1) is 10.2. The van der Waals surface area contributed by atoms with Crippen LogP contribution in [0.4, 0.5) is 10.1 Å². The molecule has 21 heavy (non-hydrogen) atoms. The highest BCUT2D eigenvalue weighted by atomic mass is 19.1. The number of carbonyl (C=O) groups is 1. The number of hydrogen-bond donors (Lipinski definition) is 2. The number of rotatable bonds is 4. The van der Waals surface area contributed by atoms with Crippen molar-refractivity contribution in [2.75, 3.05) is 18.5 Å². The average molecular weight is 292 g/mol. The number of anilines is 1. The zero-order valence-corrected chi connectivity index (χ0v) is 12.2. The van der Waals surface area contributed by atoms with E-state index >= 15 is 0 Å². The van der Waals surface area contributed by atoms with Crippen LogP contribution in [-0.2, 0) is 4.79 Å². The third-order valence-corrected chi connectivity index (χ3v) is 4.53. The van der Waals surface area contributed by atoms with Crippen LogP contribution in [0.2, 0.25) is 0 Å². The molecule has 1 aliphatic heterocycles. The van der Waals surface area contributed by atoms with E-state index in [0.717, 1.165) is 13.0 Å². The molecule has 0 radical (unpaired) electrons. The fourth-order valence-electron chi connectivity index (χ4n) is 3.55. The number of fused-ring (bicyclic) bond motifs is 1. The Labute approximate surface area is 124 Å². The van der Waals surface area contributed by atoms with Gasteiger partial charge in [0.05, 0.1) is 12.6 Å². The molecule has 114 valence electrons. The van der Waals surface area contributed by atoms with Crippen molar-refractivity contribution in [3.8, 4) is 5.75 Å². The third-order valence-electron chi connectivity index (χ3n) is 4.53. The topological polar surface area (TPSA) is 50.4 Å². The van der Waals surface area contributed by atoms with Crippen LogP contribution in [0.3, 0.4) is 0 Å². The molecular formula is C16H21FN2O2. The highest BCUT2D eigenvalue weighted by Gasteiger charge is 2.42. The van der Waals surface area contributed by atoms with Crippen molar-refractivity contribution in [2.24, 2.45) is 11.8 Å². The number of amides is 1. The molecule has 1 aromatic rings. The van der Waals surface area contributed by atoms with Gasteiger partial charge in [0.25, 0.3) is 0 Å². The number of carbonyl (C=O) groups excluding carboxylic acids is 1. The summed E-state index contributed by atoms with van der Waals surface area (Å²) in [5.74, 6) is 0.751. The summed E-state index contributed by atoms with van der Waals surface area (Å²) < 4.78 is 18.9. The molecule has 5 heteroatoms. The molecule has 1 saturated heterocycles. The Morgan fingerprint density at radius 3 is 3.10 bits per heavy atom. The quantitative estimate of drug-likeness (QED) is 0.896. The predicted molar refractivity (Wildman–Crippen MR) is 78.8 cm³/mol. The van der Waals surface area contributed by atoms with Gasteiger partial charge in [0, 0.05) is 11.8 Å². The standard InChI is InChI=1S/C16H21FN2O2/c1-2-21-14-7-6-11(8-13(14)17)19-16(20)15-12-5-3-4-10(12)9-18-15/h6-8,10,12,15,18H,2-5,9H2,1H3,(H,19,20). The maximum Gasteiger partial charge on any atom is 0.241 e. The van der Waals surface area contributed by atoms with Crippen molar-refractivity contribution >= 4 is 11.6 Å². The van der Waals surface area contributed by atoms with Crippen LogP contribution in [-0.4, -0.2) is 25.1 Å². The molecule has 1 heterocycles. The van der Waals surface area contributed by atoms with E-state index < -0.39 is 5.82 Å². The van der Waals surface area contributed by atoms with Crippen LogP contribution in [0.25, 0.3) is 0 Å². The number of nitrogens with one attached hydrogen (secondary N) is 2. The second kappa shape index (κ2) is 6.02. The van der Waals surface area contributed by atoms with Crippen LogP contribution >= 0.6 is 0 Å². The fraction of sp³-hybridized carbons (Fsp3) is 0.562. The third kappa shape index (κ3) is 2.88. The lowest BCUT2D eigenvalue weighted by Crippen LogP contribution is -2.39. The van der Waals surface area contributed by atoms with E-state index in [1.54, 1.807) is 19.1 Å². The van der Waals surface area contributed by atoms with E-state index in [1.807, 2.05) is 0 Å². The maximum absolute atomic E-state index is 13.8. The van der Waals surface area contributed by atoms with Gasteiger partial charge >= 0.3 is 0 Å². The summed E-state index contributed by atoms with van der Waals surface area (Å²) in [5, 5.41) is 6.10. The summed E-state index contributed by atoms with van der Waals surface area (Å²) in [6, 6.07) is 4.39. The predicted octanol–water partition coefficient (Wildman–Crippen LogP) is 2.55. The van der Waals surface area contributed by atoms with Crippen molar-refractivity contribution in [2.45, 2.75) is 32.2 Å². The Morgan fingerprint density at radius 2 is 2.33 bits per heavy atom. The minimum Gasteiger partial charge on any atom is -0.491 e. The van der Waals surface area contributed by atoms with Gasteiger partial charge in [-0.1, -0.05) is 6.42 Å². The monoisotopic (exact) mass is 292 g/mol. The Morgan fingerprint density at radius 1 is 1.48 bits per heavy atom. The molecule has 2 N–H and O–H groups in total. The van der Waals surface area contributed by atoms with Crippen LogP contribution in [0, 0.1) is 17.7 Å². The van der Waals surface area contributed by atoms with Gasteiger partial charge in [-0.25, -0.2) is 4.39 Å². The fourth-order valence-corrected chi connectivity index (χ4v) is 3.55. The SMILES string of the molecule is CCOc1ccc(NC(=O)C2NCC3CCCC32)cc1F. The van der Waals surface area contributed by atoms with E-state index in [9.17, 15) is 9.18 Å². The normalized spacial score (nSPS) is 27.4. The van der Waals surface area contributed by atoms with Gasteiger partial charge in [-0.05, 0) is 50.3 Å². The first-order valence-corrected chi connectivity index (χ1v) is 7.65. The van der Waals surface area contributed by atoms with Gasteiger partial charge < -0.3 is 15.4 Å². The highest BCUT2D eigenvalue weighted by molar-refractivity contribution is 5.95. The summed E-state index contributed by atoms with van der Waals surface area (Å²) >= 11 is 0. The van der Waals surface area contributed by atoms with E-state index in [1.165, 1.54) is 18.9 Å². The van der Waals surface area contributed by atoms with Crippen LogP contribution in [0.15, 0.2) is 18.2 Å². The van der Waals surface area contributed by atoms with Crippen molar-refractivity contribution in [1.82, 2.24) is 5.32 Å². The average Bonchev–Trinajstić information content (AvgIpc) is 3.04. The van der Waals surface area contributed by atoms with Gasteiger partial charge in [-0.15, -0.1) is 0 Å². The molecule has 1 aliphatic carbocycles. The number of benzene rings is 1.